The van der Waals surface area contributed by atoms with Gasteiger partial charge in [0.2, 0.25) is 0 Å². The Labute approximate surface area is 113 Å². The van der Waals surface area contributed by atoms with Crippen LogP contribution in [0.5, 0.6) is 0 Å². The van der Waals surface area contributed by atoms with Crippen LogP contribution >= 0.6 is 0 Å². The number of aromatic nitrogens is 1. The summed E-state index contributed by atoms with van der Waals surface area (Å²) in [6.07, 6.45) is 2.70. The molecule has 4 nitrogen and oxygen atoms in total. The largest absolute Gasteiger partial charge is 0.424 e. The topological polar surface area (TPSA) is 41.3 Å². The van der Waals surface area contributed by atoms with Gasteiger partial charge in [0, 0.05) is 13.1 Å². The average molecular weight is 259 g/mol. The molecule has 1 aromatic carbocycles. The Morgan fingerprint density at radius 2 is 2.11 bits per heavy atom. The van der Waals surface area contributed by atoms with Crippen molar-refractivity contribution < 1.29 is 4.42 Å². The van der Waals surface area contributed by atoms with E-state index in [1.54, 1.807) is 0 Å². The third-order valence-electron chi connectivity index (χ3n) is 3.66. The molecule has 0 radical (unpaired) electrons. The summed E-state index contributed by atoms with van der Waals surface area (Å²) in [5, 5.41) is 3.30. The van der Waals surface area contributed by atoms with Crippen LogP contribution in [-0.4, -0.2) is 36.1 Å². The predicted octanol–water partition coefficient (Wildman–Crippen LogP) is 2.97. The fourth-order valence-corrected chi connectivity index (χ4v) is 2.68. The molecule has 0 bridgehead atoms. The first kappa shape index (κ1) is 12.5. The number of hydrogen-bond acceptors (Lipinski definition) is 4. The summed E-state index contributed by atoms with van der Waals surface area (Å²) in [5.41, 5.74) is 1.76. The van der Waals surface area contributed by atoms with Gasteiger partial charge in [0.1, 0.15) is 5.52 Å². The van der Waals surface area contributed by atoms with E-state index < -0.39 is 0 Å². The smallest absolute Gasteiger partial charge is 0.295 e. The lowest BCUT2D eigenvalue weighted by atomic mass is 10.1. The maximum atomic E-state index is 5.65. The molecule has 102 valence electrons. The number of rotatable bonds is 5. The van der Waals surface area contributed by atoms with Crippen molar-refractivity contribution in [1.29, 1.82) is 0 Å². The van der Waals surface area contributed by atoms with Gasteiger partial charge in [-0.2, -0.15) is 4.98 Å². The van der Waals surface area contributed by atoms with Gasteiger partial charge in [0.15, 0.2) is 5.58 Å². The lowest BCUT2D eigenvalue weighted by molar-refractivity contribution is 0.293. The number of oxazole rings is 1. The molecule has 1 aliphatic rings. The maximum absolute atomic E-state index is 5.65. The third kappa shape index (κ3) is 3.07. The first-order valence-electron chi connectivity index (χ1n) is 7.13. The maximum Gasteiger partial charge on any atom is 0.295 e. The van der Waals surface area contributed by atoms with Gasteiger partial charge >= 0.3 is 0 Å². The summed E-state index contributed by atoms with van der Waals surface area (Å²) in [6, 6.07) is 8.49. The second-order valence-electron chi connectivity index (χ2n) is 5.48. The van der Waals surface area contributed by atoms with Crippen molar-refractivity contribution >= 4 is 17.1 Å². The van der Waals surface area contributed by atoms with Gasteiger partial charge in [0.05, 0.1) is 0 Å². The highest BCUT2D eigenvalue weighted by Crippen LogP contribution is 2.18. The summed E-state index contributed by atoms with van der Waals surface area (Å²) in [6.45, 7) is 6.85. The molecule has 1 aromatic heterocycles. The highest BCUT2D eigenvalue weighted by Gasteiger charge is 2.15. The number of benzene rings is 1. The van der Waals surface area contributed by atoms with Crippen LogP contribution in [0.4, 0.5) is 6.01 Å². The predicted molar refractivity (Wildman–Crippen MR) is 77.3 cm³/mol. The Bertz CT molecular complexity index is 498. The number of nitrogens with zero attached hydrogens (tertiary/aromatic N) is 2. The molecule has 1 saturated heterocycles. The van der Waals surface area contributed by atoms with Crippen molar-refractivity contribution in [1.82, 2.24) is 9.88 Å². The van der Waals surface area contributed by atoms with Crippen molar-refractivity contribution in [3.8, 4) is 0 Å². The van der Waals surface area contributed by atoms with E-state index in [2.05, 4.69) is 22.1 Å². The normalized spacial score (nSPS) is 17.9. The summed E-state index contributed by atoms with van der Waals surface area (Å²) in [4.78, 5) is 6.97. The molecule has 1 aliphatic heterocycles. The zero-order valence-corrected chi connectivity index (χ0v) is 11.4. The average Bonchev–Trinajstić information content (AvgIpc) is 3.04. The van der Waals surface area contributed by atoms with E-state index in [4.69, 9.17) is 4.42 Å². The highest BCUT2D eigenvalue weighted by atomic mass is 16.4. The van der Waals surface area contributed by atoms with Gasteiger partial charge < -0.3 is 14.6 Å². The highest BCUT2D eigenvalue weighted by molar-refractivity contribution is 5.74. The zero-order chi connectivity index (χ0) is 13.1. The monoisotopic (exact) mass is 259 g/mol. The fraction of sp³-hybridized carbons (Fsp3) is 0.533. The van der Waals surface area contributed by atoms with E-state index in [1.807, 2.05) is 24.3 Å². The number of hydrogen-bond donors (Lipinski definition) is 1. The molecule has 0 amide bonds. The Morgan fingerprint density at radius 3 is 2.89 bits per heavy atom. The molecule has 0 aliphatic carbocycles. The van der Waals surface area contributed by atoms with Crippen LogP contribution in [0.3, 0.4) is 0 Å². The number of para-hydroxylation sites is 2. The van der Waals surface area contributed by atoms with Gasteiger partial charge in [0.25, 0.3) is 6.01 Å². The van der Waals surface area contributed by atoms with Crippen LogP contribution in [0.1, 0.15) is 19.8 Å². The van der Waals surface area contributed by atoms with E-state index in [9.17, 15) is 0 Å². The fourth-order valence-electron chi connectivity index (χ4n) is 2.68. The van der Waals surface area contributed by atoms with Crippen molar-refractivity contribution in [3.63, 3.8) is 0 Å². The minimum Gasteiger partial charge on any atom is -0.424 e. The summed E-state index contributed by atoms with van der Waals surface area (Å²) in [5.74, 6) is 0.605. The lowest BCUT2D eigenvalue weighted by Gasteiger charge is -2.19. The second-order valence-corrected chi connectivity index (χ2v) is 5.48. The summed E-state index contributed by atoms with van der Waals surface area (Å²) in [7, 11) is 0. The Kier molecular flexibility index (Phi) is 3.69. The molecule has 2 heterocycles. The molecular weight excluding hydrogens is 238 g/mol. The molecule has 1 atom stereocenters. The standard InChI is InChI=1S/C15H21N3O/c1-12(11-18-8-4-5-9-18)10-16-15-17-13-6-2-3-7-14(13)19-15/h2-3,6-7,12H,4-5,8-11H2,1H3,(H,16,17). The van der Waals surface area contributed by atoms with Gasteiger partial charge in [-0.15, -0.1) is 0 Å². The van der Waals surface area contributed by atoms with E-state index >= 15 is 0 Å². The SMILES string of the molecule is CC(CNc1nc2ccccc2o1)CN1CCCC1. The Hall–Kier alpha value is -1.55. The van der Waals surface area contributed by atoms with Crippen LogP contribution < -0.4 is 5.32 Å². The summed E-state index contributed by atoms with van der Waals surface area (Å²) < 4.78 is 5.65. The van der Waals surface area contributed by atoms with Crippen molar-refractivity contribution in [2.45, 2.75) is 19.8 Å². The van der Waals surface area contributed by atoms with Gasteiger partial charge in [-0.25, -0.2) is 0 Å². The Morgan fingerprint density at radius 1 is 1.32 bits per heavy atom. The van der Waals surface area contributed by atoms with Crippen LogP contribution in [-0.2, 0) is 0 Å². The Balaban J connectivity index is 1.53. The van der Waals surface area contributed by atoms with Crippen LogP contribution in [0, 0.1) is 5.92 Å². The zero-order valence-electron chi connectivity index (χ0n) is 11.4. The van der Waals surface area contributed by atoms with Gasteiger partial charge in [-0.3, -0.25) is 0 Å². The molecule has 19 heavy (non-hydrogen) atoms. The van der Waals surface area contributed by atoms with E-state index in [0.717, 1.165) is 24.2 Å². The first-order valence-corrected chi connectivity index (χ1v) is 7.13. The van der Waals surface area contributed by atoms with Gasteiger partial charge in [-0.05, 0) is 44.0 Å². The van der Waals surface area contributed by atoms with Gasteiger partial charge in [-0.1, -0.05) is 19.1 Å². The molecule has 2 aromatic rings. The second kappa shape index (κ2) is 5.61. The molecule has 1 unspecified atom stereocenters. The molecule has 1 fully saturated rings. The molecule has 1 N–H and O–H groups in total. The van der Waals surface area contributed by atoms with Crippen LogP contribution in [0.15, 0.2) is 28.7 Å². The van der Waals surface area contributed by atoms with E-state index in [0.29, 0.717) is 11.9 Å². The molecule has 0 spiro atoms. The molecule has 3 rings (SSSR count). The number of nitrogens with one attached hydrogen (secondary N) is 1. The molecule has 4 heteroatoms. The number of fused-ring (bicyclic) bond motifs is 1. The van der Waals surface area contributed by atoms with Crippen molar-refractivity contribution in [2.24, 2.45) is 5.92 Å². The lowest BCUT2D eigenvalue weighted by Crippen LogP contribution is -2.28. The molecular formula is C15H21N3O. The molecule has 0 saturated carbocycles. The minimum atomic E-state index is 0.605. The van der Waals surface area contributed by atoms with Crippen LogP contribution in [0.25, 0.3) is 11.1 Å². The van der Waals surface area contributed by atoms with E-state index in [-0.39, 0.29) is 0 Å². The number of anilines is 1. The quantitative estimate of drug-likeness (QED) is 0.896. The van der Waals surface area contributed by atoms with Crippen molar-refractivity contribution in [3.05, 3.63) is 24.3 Å². The van der Waals surface area contributed by atoms with E-state index in [1.165, 1.54) is 25.9 Å². The third-order valence-corrected chi connectivity index (χ3v) is 3.66. The number of likely N-dealkylation sites (tertiary alicyclic amines) is 1. The minimum absolute atomic E-state index is 0.605. The van der Waals surface area contributed by atoms with Crippen molar-refractivity contribution in [2.75, 3.05) is 31.5 Å². The van der Waals surface area contributed by atoms with Crippen LogP contribution in [0.2, 0.25) is 0 Å². The summed E-state index contributed by atoms with van der Waals surface area (Å²) >= 11 is 0. The first-order chi connectivity index (χ1) is 9.31.